The van der Waals surface area contributed by atoms with Gasteiger partial charge in [0.15, 0.2) is 0 Å². The zero-order valence-electron chi connectivity index (χ0n) is 19.1. The first-order chi connectivity index (χ1) is 16.9. The van der Waals surface area contributed by atoms with Gasteiger partial charge in [-0.3, -0.25) is 4.79 Å². The lowest BCUT2D eigenvalue weighted by Gasteiger charge is -2.29. The van der Waals surface area contributed by atoms with Crippen molar-refractivity contribution in [1.29, 1.82) is 0 Å². The van der Waals surface area contributed by atoms with Gasteiger partial charge in [0.05, 0.1) is 18.2 Å². The van der Waals surface area contributed by atoms with Gasteiger partial charge in [0.1, 0.15) is 17.3 Å². The number of tetrazole rings is 1. The Hall–Kier alpha value is -3.93. The number of aliphatic hydroxyl groups is 1. The predicted molar refractivity (Wildman–Crippen MR) is 123 cm³/mol. The summed E-state index contributed by atoms with van der Waals surface area (Å²) in [5.74, 6) is -0.764. The first kappa shape index (κ1) is 22.8. The number of fused-ring (bicyclic) bond motifs is 1. The maximum Gasteiger partial charge on any atom is 0.317 e. The molecule has 1 atom stereocenters. The Balaban J connectivity index is 1.34. The van der Waals surface area contributed by atoms with Crippen LogP contribution in [0.1, 0.15) is 47.3 Å². The van der Waals surface area contributed by atoms with E-state index in [0.29, 0.717) is 31.0 Å². The van der Waals surface area contributed by atoms with E-state index < -0.39 is 11.7 Å². The number of hydrogen-bond donors (Lipinski definition) is 3. The number of hydrogen-bond acceptors (Lipinski definition) is 7. The SMILES string of the molecule is C[C@H](CO)n1nnnc1-c1cccc(NC(=O)c2cc3c(cc2F)CCN(C(=O)NC2CC2)C3)n1. The van der Waals surface area contributed by atoms with Crippen LogP contribution in [0, 0.1) is 5.82 Å². The molecule has 1 aliphatic carbocycles. The van der Waals surface area contributed by atoms with E-state index in [1.54, 1.807) is 30.0 Å². The molecule has 3 amide bonds. The summed E-state index contributed by atoms with van der Waals surface area (Å²) in [7, 11) is 0. The highest BCUT2D eigenvalue weighted by molar-refractivity contribution is 6.04. The minimum absolute atomic E-state index is 0.126. The number of urea groups is 1. The monoisotopic (exact) mass is 480 g/mol. The Labute approximate surface area is 200 Å². The van der Waals surface area contributed by atoms with Gasteiger partial charge in [-0.2, -0.15) is 0 Å². The summed E-state index contributed by atoms with van der Waals surface area (Å²) in [5, 5.41) is 26.5. The molecule has 35 heavy (non-hydrogen) atoms. The quantitative estimate of drug-likeness (QED) is 0.490. The zero-order chi connectivity index (χ0) is 24.5. The summed E-state index contributed by atoms with van der Waals surface area (Å²) in [4.78, 5) is 31.4. The molecule has 0 saturated heterocycles. The van der Waals surface area contributed by atoms with Crippen LogP contribution in [0.5, 0.6) is 0 Å². The van der Waals surface area contributed by atoms with E-state index in [1.165, 1.54) is 16.8 Å². The third-order valence-electron chi connectivity index (χ3n) is 6.13. The van der Waals surface area contributed by atoms with Gasteiger partial charge < -0.3 is 20.6 Å². The number of carbonyl (C=O) groups is 2. The highest BCUT2D eigenvalue weighted by Crippen LogP contribution is 2.25. The molecule has 2 aliphatic rings. The predicted octanol–water partition coefficient (Wildman–Crippen LogP) is 1.91. The Morgan fingerprint density at radius 2 is 2.09 bits per heavy atom. The van der Waals surface area contributed by atoms with Crippen molar-refractivity contribution in [3.63, 3.8) is 0 Å². The molecular formula is C23H25FN8O3. The molecule has 0 radical (unpaired) electrons. The van der Waals surface area contributed by atoms with Crippen LogP contribution in [0.2, 0.25) is 0 Å². The van der Waals surface area contributed by atoms with Crippen LogP contribution in [0.4, 0.5) is 15.0 Å². The second-order valence-corrected chi connectivity index (χ2v) is 8.84. The van der Waals surface area contributed by atoms with Crippen molar-refractivity contribution < 1.29 is 19.1 Å². The molecule has 0 bridgehead atoms. The van der Waals surface area contributed by atoms with E-state index in [1.807, 2.05) is 0 Å². The maximum absolute atomic E-state index is 14.8. The molecule has 1 aliphatic heterocycles. The Bertz CT molecular complexity index is 1280. The fraction of sp³-hybridized carbons (Fsp3) is 0.391. The van der Waals surface area contributed by atoms with Crippen molar-refractivity contribution in [2.75, 3.05) is 18.5 Å². The number of rotatable bonds is 6. The van der Waals surface area contributed by atoms with Gasteiger partial charge in [0, 0.05) is 19.1 Å². The Kier molecular flexibility index (Phi) is 6.12. The number of aliphatic hydroxyl groups excluding tert-OH is 1. The highest BCUT2D eigenvalue weighted by atomic mass is 19.1. The number of anilines is 1. The summed E-state index contributed by atoms with van der Waals surface area (Å²) in [6, 6.07) is 7.54. The van der Waals surface area contributed by atoms with Gasteiger partial charge in [-0.05, 0) is 72.0 Å². The molecule has 1 fully saturated rings. The topological polar surface area (TPSA) is 138 Å². The lowest BCUT2D eigenvalue weighted by molar-refractivity contribution is 0.102. The fourth-order valence-electron chi connectivity index (χ4n) is 3.97. The molecule has 3 aromatic rings. The van der Waals surface area contributed by atoms with Crippen LogP contribution in [0.3, 0.4) is 0 Å². The molecule has 5 rings (SSSR count). The molecule has 1 saturated carbocycles. The summed E-state index contributed by atoms with van der Waals surface area (Å²) in [5.41, 5.74) is 1.79. The summed E-state index contributed by atoms with van der Waals surface area (Å²) in [6.45, 7) is 2.41. The average molecular weight is 481 g/mol. The standard InChI is InChI=1S/C23H25FN8O3/c1-13(12-33)32-21(28-29-30-32)19-3-2-4-20(26-19)27-22(34)17-9-15-11-31(23(35)25-16-5-6-16)8-7-14(15)10-18(17)24/h2-4,9-10,13,16,33H,5-8,11-12H2,1H3,(H,25,35)(H,26,27,34)/t13-/m1/s1. The van der Waals surface area contributed by atoms with Crippen LogP contribution in [0.25, 0.3) is 11.5 Å². The maximum atomic E-state index is 14.8. The van der Waals surface area contributed by atoms with E-state index in [4.69, 9.17) is 0 Å². The number of aromatic nitrogens is 5. The highest BCUT2D eigenvalue weighted by Gasteiger charge is 2.28. The smallest absolute Gasteiger partial charge is 0.317 e. The van der Waals surface area contributed by atoms with Gasteiger partial charge in [-0.1, -0.05) is 6.07 Å². The Morgan fingerprint density at radius 3 is 2.86 bits per heavy atom. The number of amides is 3. The number of benzene rings is 1. The van der Waals surface area contributed by atoms with E-state index in [-0.39, 0.29) is 36.1 Å². The first-order valence-corrected chi connectivity index (χ1v) is 11.5. The van der Waals surface area contributed by atoms with Crippen molar-refractivity contribution in [2.24, 2.45) is 0 Å². The van der Waals surface area contributed by atoms with Crippen molar-refractivity contribution in [3.8, 4) is 11.5 Å². The van der Waals surface area contributed by atoms with Crippen molar-refractivity contribution in [1.82, 2.24) is 35.4 Å². The van der Waals surface area contributed by atoms with Gasteiger partial charge >= 0.3 is 6.03 Å². The minimum Gasteiger partial charge on any atom is -0.394 e. The summed E-state index contributed by atoms with van der Waals surface area (Å²) < 4.78 is 16.3. The third-order valence-corrected chi connectivity index (χ3v) is 6.13. The molecule has 11 nitrogen and oxygen atoms in total. The minimum atomic E-state index is -0.655. The molecule has 3 heterocycles. The van der Waals surface area contributed by atoms with Gasteiger partial charge in [-0.15, -0.1) is 5.10 Å². The van der Waals surface area contributed by atoms with Crippen molar-refractivity contribution in [3.05, 3.63) is 52.8 Å². The molecule has 2 aromatic heterocycles. The Morgan fingerprint density at radius 1 is 1.26 bits per heavy atom. The second kappa shape index (κ2) is 9.37. The van der Waals surface area contributed by atoms with E-state index >= 15 is 0 Å². The molecule has 0 spiro atoms. The fourth-order valence-corrected chi connectivity index (χ4v) is 3.97. The van der Waals surface area contributed by atoms with Crippen LogP contribution >= 0.6 is 0 Å². The van der Waals surface area contributed by atoms with E-state index in [0.717, 1.165) is 24.0 Å². The summed E-state index contributed by atoms with van der Waals surface area (Å²) in [6.07, 6.45) is 2.52. The van der Waals surface area contributed by atoms with Gasteiger partial charge in [0.25, 0.3) is 5.91 Å². The van der Waals surface area contributed by atoms with Crippen molar-refractivity contribution >= 4 is 17.8 Å². The zero-order valence-corrected chi connectivity index (χ0v) is 19.1. The van der Waals surface area contributed by atoms with Crippen LogP contribution < -0.4 is 10.6 Å². The second-order valence-electron chi connectivity index (χ2n) is 8.84. The average Bonchev–Trinajstić information content (AvgIpc) is 3.53. The van der Waals surface area contributed by atoms with Gasteiger partial charge in [0.2, 0.25) is 5.82 Å². The third kappa shape index (κ3) is 4.83. The molecule has 3 N–H and O–H groups in total. The van der Waals surface area contributed by atoms with Crippen LogP contribution in [-0.2, 0) is 13.0 Å². The first-order valence-electron chi connectivity index (χ1n) is 11.5. The number of pyridine rings is 1. The van der Waals surface area contributed by atoms with Crippen LogP contribution in [-0.4, -0.2) is 66.3 Å². The lowest BCUT2D eigenvalue weighted by Crippen LogP contribution is -2.43. The molecule has 182 valence electrons. The largest absolute Gasteiger partial charge is 0.394 e. The van der Waals surface area contributed by atoms with E-state index in [9.17, 15) is 19.1 Å². The number of halogens is 1. The van der Waals surface area contributed by atoms with E-state index in [2.05, 4.69) is 31.1 Å². The molecular weight excluding hydrogens is 455 g/mol. The summed E-state index contributed by atoms with van der Waals surface area (Å²) >= 11 is 0. The molecule has 0 unspecified atom stereocenters. The number of nitrogens with zero attached hydrogens (tertiary/aromatic N) is 6. The molecule has 1 aromatic carbocycles. The molecule has 12 heteroatoms. The number of carbonyl (C=O) groups excluding carboxylic acids is 2. The lowest BCUT2D eigenvalue weighted by atomic mass is 9.96. The van der Waals surface area contributed by atoms with Crippen molar-refractivity contribution in [2.45, 2.75) is 44.8 Å². The number of nitrogens with one attached hydrogen (secondary N) is 2. The normalized spacial score (nSPS) is 15.9. The van der Waals surface area contributed by atoms with Crippen LogP contribution in [0.15, 0.2) is 30.3 Å². The van der Waals surface area contributed by atoms with Gasteiger partial charge in [-0.25, -0.2) is 18.9 Å².